The Bertz CT molecular complexity index is 1090. The van der Waals surface area contributed by atoms with Gasteiger partial charge in [0.2, 0.25) is 23.6 Å². The molecule has 15 nitrogen and oxygen atoms in total. The average Bonchev–Trinajstić information content (AvgIpc) is 3.36. The Kier molecular flexibility index (Phi) is 49.1. The summed E-state index contributed by atoms with van der Waals surface area (Å²) in [6, 6.07) is 0. The molecule has 0 saturated heterocycles. The number of nitrogens with one attached hydrogen (secondary N) is 4. The van der Waals surface area contributed by atoms with Gasteiger partial charge in [0.1, 0.15) is 24.4 Å². The van der Waals surface area contributed by atoms with E-state index in [9.17, 15) is 39.6 Å². The van der Waals surface area contributed by atoms with Gasteiger partial charge in [-0.05, 0) is 32.7 Å². The number of aliphatic hydroxyl groups is 4. The summed E-state index contributed by atoms with van der Waals surface area (Å²) in [6.45, 7) is 11.9. The highest BCUT2D eigenvalue weighted by Gasteiger charge is 2.26. The molecule has 0 saturated carbocycles. The molecule has 0 heterocycles. The Morgan fingerprint density at radius 1 is 0.306 bits per heavy atom. The van der Waals surface area contributed by atoms with Gasteiger partial charge in [-0.3, -0.25) is 29.0 Å². The second-order valence-corrected chi connectivity index (χ2v) is 20.9. The van der Waals surface area contributed by atoms with Gasteiger partial charge in [0, 0.05) is 78.5 Å². The molecule has 0 spiro atoms. The first-order valence-corrected chi connectivity index (χ1v) is 29.9. The van der Waals surface area contributed by atoms with Crippen molar-refractivity contribution < 1.29 is 39.6 Å². The van der Waals surface area contributed by atoms with Crippen LogP contribution in [0.5, 0.6) is 0 Å². The summed E-state index contributed by atoms with van der Waals surface area (Å²) >= 11 is 0. The van der Waals surface area contributed by atoms with E-state index in [2.05, 4.69) is 49.0 Å². The molecular weight excluding hydrogens is 911 g/mol. The van der Waals surface area contributed by atoms with Crippen LogP contribution in [0.4, 0.5) is 0 Å². The minimum atomic E-state index is -1.36. The molecule has 0 aliphatic rings. The lowest BCUT2D eigenvalue weighted by molar-refractivity contribution is -0.133. The molecular formula is C57H115N7O8. The lowest BCUT2D eigenvalue weighted by atomic mass is 10.1. The Balaban J connectivity index is 5.57. The molecule has 0 aromatic heterocycles. The molecule has 4 unspecified atom stereocenters. The highest BCUT2D eigenvalue weighted by Crippen LogP contribution is 2.12. The average molecular weight is 1030 g/mol. The number of aliphatic hydroxyl groups excluding tert-OH is 4. The zero-order valence-corrected chi connectivity index (χ0v) is 47.2. The maximum absolute atomic E-state index is 13.0. The van der Waals surface area contributed by atoms with Gasteiger partial charge >= 0.3 is 0 Å². The van der Waals surface area contributed by atoms with Gasteiger partial charge in [-0.15, -0.1) is 0 Å². The predicted molar refractivity (Wildman–Crippen MR) is 297 cm³/mol. The van der Waals surface area contributed by atoms with Gasteiger partial charge in [0.05, 0.1) is 0 Å². The Morgan fingerprint density at radius 2 is 0.486 bits per heavy atom. The van der Waals surface area contributed by atoms with Crippen LogP contribution in [0.1, 0.15) is 233 Å². The van der Waals surface area contributed by atoms with Crippen LogP contribution in [-0.4, -0.2) is 169 Å². The number of nitrogens with zero attached hydrogens (tertiary/aromatic N) is 3. The summed E-state index contributed by atoms with van der Waals surface area (Å²) in [7, 11) is 1.89. The van der Waals surface area contributed by atoms with Crippen LogP contribution in [0, 0.1) is 0 Å². The van der Waals surface area contributed by atoms with Gasteiger partial charge in [-0.1, -0.05) is 207 Å². The topological polar surface area (TPSA) is 207 Å². The second kappa shape index (κ2) is 50.7. The normalized spacial score (nSPS) is 13.4. The Labute approximate surface area is 440 Å². The fraction of sp³-hybridized carbons (Fsp3) is 0.930. The fourth-order valence-electron chi connectivity index (χ4n) is 8.91. The van der Waals surface area contributed by atoms with Crippen molar-refractivity contribution >= 4 is 23.6 Å². The molecule has 0 aliphatic carbocycles. The Morgan fingerprint density at radius 3 is 0.681 bits per heavy atom. The van der Waals surface area contributed by atoms with E-state index in [0.29, 0.717) is 52.4 Å². The van der Waals surface area contributed by atoms with Crippen LogP contribution in [-0.2, 0) is 19.2 Å². The van der Waals surface area contributed by atoms with Crippen LogP contribution in [0.15, 0.2) is 0 Å². The molecule has 0 fully saturated rings. The molecule has 0 bridgehead atoms. The standard InChI is InChI=1S/C57H115N7O8/c1-6-10-14-18-22-26-30-34-38-58-54(69)50(65)46-63(47-51(66)55(70)59-39-35-31-27-23-19-15-11-7-2)44-42-62(5)43-45-64(48-52(67)56(71)60-40-36-32-28-24-20-16-12-8-3)49-53(68)57(72)61-41-37-33-29-25-21-17-13-9-4/h50-53,65-68H,6-49H2,1-5H3,(H,58,69)(H,59,70)(H,60,71)(H,61,72). The summed E-state index contributed by atoms with van der Waals surface area (Å²) < 4.78 is 0. The monoisotopic (exact) mass is 1030 g/mol. The summed E-state index contributed by atoms with van der Waals surface area (Å²) in [5, 5.41) is 55.6. The molecule has 15 heteroatoms. The van der Waals surface area contributed by atoms with Crippen molar-refractivity contribution in [3.05, 3.63) is 0 Å². The molecule has 0 aliphatic heterocycles. The van der Waals surface area contributed by atoms with Gasteiger partial charge in [-0.25, -0.2) is 0 Å². The highest BCUT2D eigenvalue weighted by molar-refractivity contribution is 5.82. The lowest BCUT2D eigenvalue weighted by Gasteiger charge is -2.31. The van der Waals surface area contributed by atoms with Crippen LogP contribution in [0.25, 0.3) is 0 Å². The van der Waals surface area contributed by atoms with E-state index in [-0.39, 0.29) is 26.2 Å². The van der Waals surface area contributed by atoms with Gasteiger partial charge in [0.25, 0.3) is 0 Å². The van der Waals surface area contributed by atoms with E-state index in [1.165, 1.54) is 128 Å². The molecule has 72 heavy (non-hydrogen) atoms. The third-order valence-electron chi connectivity index (χ3n) is 13.8. The van der Waals surface area contributed by atoms with Crippen LogP contribution >= 0.6 is 0 Å². The SMILES string of the molecule is CCCCCCCCCCNC(=O)C(O)CN(CCN(C)CCN(CC(O)C(=O)NCCCCCCCCCC)CC(O)C(=O)NCCCCCCCCCC)CC(O)C(=O)NCCCCCCCCCC. The lowest BCUT2D eigenvalue weighted by Crippen LogP contribution is -2.51. The molecule has 0 aromatic carbocycles. The molecule has 4 amide bonds. The van der Waals surface area contributed by atoms with Crippen LogP contribution < -0.4 is 21.3 Å². The summed E-state index contributed by atoms with van der Waals surface area (Å²) in [5.74, 6) is -1.94. The van der Waals surface area contributed by atoms with Crippen molar-refractivity contribution in [1.82, 2.24) is 36.0 Å². The molecule has 0 rings (SSSR count). The van der Waals surface area contributed by atoms with Crippen molar-refractivity contribution in [3.63, 3.8) is 0 Å². The summed E-state index contributed by atoms with van der Waals surface area (Å²) in [5.41, 5.74) is 0. The minimum absolute atomic E-state index is 0.0773. The maximum atomic E-state index is 13.0. The largest absolute Gasteiger partial charge is 0.382 e. The van der Waals surface area contributed by atoms with E-state index in [1.807, 2.05) is 11.9 Å². The summed E-state index contributed by atoms with van der Waals surface area (Å²) in [4.78, 5) is 57.6. The Hall–Kier alpha value is -2.40. The number of hydrogen-bond donors (Lipinski definition) is 8. The number of carbonyl (C=O) groups is 4. The molecule has 8 N–H and O–H groups in total. The van der Waals surface area contributed by atoms with Gasteiger partial charge < -0.3 is 46.6 Å². The van der Waals surface area contributed by atoms with E-state index in [1.54, 1.807) is 9.80 Å². The van der Waals surface area contributed by atoms with Crippen molar-refractivity contribution in [2.24, 2.45) is 0 Å². The van der Waals surface area contributed by atoms with Crippen molar-refractivity contribution in [2.75, 3.05) is 85.6 Å². The number of hydrogen-bond acceptors (Lipinski definition) is 11. The van der Waals surface area contributed by atoms with E-state index in [0.717, 1.165) is 77.0 Å². The zero-order valence-electron chi connectivity index (χ0n) is 47.2. The number of unbranched alkanes of at least 4 members (excludes halogenated alkanes) is 28. The van der Waals surface area contributed by atoms with Crippen molar-refractivity contribution in [1.29, 1.82) is 0 Å². The molecule has 0 aromatic rings. The van der Waals surface area contributed by atoms with Crippen LogP contribution in [0.3, 0.4) is 0 Å². The van der Waals surface area contributed by atoms with E-state index >= 15 is 0 Å². The number of rotatable bonds is 54. The second-order valence-electron chi connectivity index (χ2n) is 20.9. The number of amides is 4. The van der Waals surface area contributed by atoms with Crippen LogP contribution in [0.2, 0.25) is 0 Å². The third-order valence-corrected chi connectivity index (χ3v) is 13.8. The predicted octanol–water partition coefficient (Wildman–Crippen LogP) is 7.99. The first-order chi connectivity index (χ1) is 34.9. The first kappa shape index (κ1) is 69.6. The minimum Gasteiger partial charge on any atom is -0.382 e. The third kappa shape index (κ3) is 42.9. The van der Waals surface area contributed by atoms with E-state index < -0.39 is 48.0 Å². The highest BCUT2D eigenvalue weighted by atomic mass is 16.3. The quantitative estimate of drug-likeness (QED) is 0.0274. The van der Waals surface area contributed by atoms with Gasteiger partial charge in [-0.2, -0.15) is 0 Å². The number of carbonyl (C=O) groups excluding carboxylic acids is 4. The van der Waals surface area contributed by atoms with Gasteiger partial charge in [0.15, 0.2) is 0 Å². The smallest absolute Gasteiger partial charge is 0.250 e. The zero-order chi connectivity index (χ0) is 53.3. The number of likely N-dealkylation sites (N-methyl/N-ethyl adjacent to an activating group) is 1. The summed E-state index contributed by atoms with van der Waals surface area (Å²) in [6.07, 6.45) is 31.0. The first-order valence-electron chi connectivity index (χ1n) is 29.9. The molecule has 426 valence electrons. The van der Waals surface area contributed by atoms with Crippen molar-refractivity contribution in [2.45, 2.75) is 258 Å². The fourth-order valence-corrected chi connectivity index (χ4v) is 8.91. The molecule has 4 atom stereocenters. The van der Waals surface area contributed by atoms with Crippen molar-refractivity contribution in [3.8, 4) is 0 Å². The van der Waals surface area contributed by atoms with E-state index in [4.69, 9.17) is 0 Å². The maximum Gasteiger partial charge on any atom is 0.250 e. The molecule has 0 radical (unpaired) electrons.